The van der Waals surface area contributed by atoms with Gasteiger partial charge in [0.05, 0.1) is 18.2 Å². The number of nitrogens with zero attached hydrogens (tertiary/aromatic N) is 3. The molecule has 1 heterocycles. The Bertz CT molecular complexity index is 688. The van der Waals surface area contributed by atoms with Crippen molar-refractivity contribution >= 4 is 12.0 Å². The Kier molecular flexibility index (Phi) is 4.82. The highest BCUT2D eigenvalue weighted by Crippen LogP contribution is 2.60. The first kappa shape index (κ1) is 17.5. The first-order valence-corrected chi connectivity index (χ1v) is 9.30. The van der Waals surface area contributed by atoms with Crippen LogP contribution < -0.4 is 4.90 Å². The van der Waals surface area contributed by atoms with Crippen molar-refractivity contribution in [3.8, 4) is 12.1 Å². The second kappa shape index (κ2) is 6.89. The number of rotatable bonds is 7. The topological polar surface area (TPSA) is 67.7 Å². The summed E-state index contributed by atoms with van der Waals surface area (Å²) in [5, 5.41) is 19.6. The molecule has 0 spiro atoms. The number of anilines is 1. The zero-order valence-electron chi connectivity index (χ0n) is 14.8. The predicted molar refractivity (Wildman–Crippen MR) is 96.6 cm³/mol. The third-order valence-corrected chi connectivity index (χ3v) is 6.08. The fourth-order valence-corrected chi connectivity index (χ4v) is 4.64. The fourth-order valence-electron chi connectivity index (χ4n) is 4.64. The third-order valence-electron chi connectivity index (χ3n) is 6.08. The molecule has 3 atom stereocenters. The molecule has 4 heteroatoms. The molecule has 130 valence electrons. The molecule has 0 unspecified atom stereocenters. The predicted octanol–water partition coefficient (Wildman–Crippen LogP) is 4.23. The molecular weight excluding hydrogens is 310 g/mol. The summed E-state index contributed by atoms with van der Waals surface area (Å²) in [6.07, 6.45) is 7.51. The lowest BCUT2D eigenvalue weighted by Gasteiger charge is -2.34. The third kappa shape index (κ3) is 2.81. The monoisotopic (exact) mass is 335 g/mol. The smallest absolute Gasteiger partial charge is 0.149 e. The average molecular weight is 335 g/mol. The van der Waals surface area contributed by atoms with Crippen LogP contribution in [0.2, 0.25) is 0 Å². The van der Waals surface area contributed by atoms with Gasteiger partial charge in [0.2, 0.25) is 0 Å². The van der Waals surface area contributed by atoms with E-state index >= 15 is 0 Å². The number of nitriles is 2. The first-order chi connectivity index (χ1) is 12.2. The van der Waals surface area contributed by atoms with Gasteiger partial charge >= 0.3 is 0 Å². The summed E-state index contributed by atoms with van der Waals surface area (Å²) in [5.74, 6) is 0.0474. The number of para-hydroxylation sites is 1. The van der Waals surface area contributed by atoms with E-state index in [1.165, 1.54) is 12.8 Å². The van der Waals surface area contributed by atoms with E-state index in [2.05, 4.69) is 24.0 Å². The van der Waals surface area contributed by atoms with Crippen molar-refractivity contribution in [2.24, 2.45) is 11.3 Å². The fraction of sp³-hybridized carbons (Fsp3) is 0.571. The van der Waals surface area contributed by atoms with Gasteiger partial charge in [-0.25, -0.2) is 0 Å². The number of carbonyl (C=O) groups excluding carboxylic acids is 1. The lowest BCUT2D eigenvalue weighted by molar-refractivity contribution is -0.110. The minimum Gasteiger partial charge on any atom is -0.351 e. The van der Waals surface area contributed by atoms with Gasteiger partial charge in [0.1, 0.15) is 17.2 Å². The van der Waals surface area contributed by atoms with Crippen LogP contribution in [-0.2, 0) is 4.79 Å². The normalized spacial score (nSPS) is 29.2. The maximum Gasteiger partial charge on any atom is 0.149 e. The van der Waals surface area contributed by atoms with E-state index in [-0.39, 0.29) is 12.0 Å². The van der Waals surface area contributed by atoms with Crippen LogP contribution in [0, 0.1) is 34.0 Å². The molecule has 25 heavy (non-hydrogen) atoms. The van der Waals surface area contributed by atoms with Gasteiger partial charge in [-0.2, -0.15) is 10.5 Å². The summed E-state index contributed by atoms with van der Waals surface area (Å²) in [6, 6.07) is 14.6. The van der Waals surface area contributed by atoms with E-state index in [1.807, 2.05) is 30.3 Å². The number of hydrogen-bond acceptors (Lipinski definition) is 4. The Labute approximate surface area is 150 Å². The lowest BCUT2D eigenvalue weighted by Crippen LogP contribution is -2.41. The zero-order chi connectivity index (χ0) is 17.9. The van der Waals surface area contributed by atoms with Gasteiger partial charge in [-0.1, -0.05) is 50.8 Å². The van der Waals surface area contributed by atoms with E-state index in [4.69, 9.17) is 0 Å². The van der Waals surface area contributed by atoms with E-state index in [1.54, 1.807) is 0 Å². The Morgan fingerprint density at radius 3 is 2.52 bits per heavy atom. The summed E-state index contributed by atoms with van der Waals surface area (Å²) >= 11 is 0. The first-order valence-electron chi connectivity index (χ1n) is 9.30. The van der Waals surface area contributed by atoms with E-state index in [9.17, 15) is 15.3 Å². The maximum atomic E-state index is 12.0. The Balaban J connectivity index is 1.84. The Hall–Kier alpha value is -2.33. The highest BCUT2D eigenvalue weighted by Gasteiger charge is 2.70. The van der Waals surface area contributed by atoms with Gasteiger partial charge in [-0.05, 0) is 30.9 Å². The minimum atomic E-state index is -1.05. The number of benzene rings is 1. The molecule has 0 radical (unpaired) electrons. The maximum absolute atomic E-state index is 12.0. The highest BCUT2D eigenvalue weighted by molar-refractivity contribution is 5.85. The average Bonchev–Trinajstić information content (AvgIpc) is 3.32. The SMILES string of the molecule is CCCCCC[C@@H]1C[C@@H]2N(c3ccccc3)[C@]2(C=O)CC1(C#N)C#N. The summed E-state index contributed by atoms with van der Waals surface area (Å²) in [6.45, 7) is 2.18. The van der Waals surface area contributed by atoms with Crippen LogP contribution in [0.4, 0.5) is 5.69 Å². The van der Waals surface area contributed by atoms with Crippen molar-refractivity contribution in [2.75, 3.05) is 4.90 Å². The van der Waals surface area contributed by atoms with Gasteiger partial charge < -0.3 is 9.69 Å². The number of aldehydes is 1. The Morgan fingerprint density at radius 2 is 1.92 bits per heavy atom. The van der Waals surface area contributed by atoms with Crippen molar-refractivity contribution in [2.45, 2.75) is 63.5 Å². The van der Waals surface area contributed by atoms with Crippen molar-refractivity contribution < 1.29 is 4.79 Å². The Morgan fingerprint density at radius 1 is 1.20 bits per heavy atom. The number of fused-ring (bicyclic) bond motifs is 1. The van der Waals surface area contributed by atoms with Crippen LogP contribution in [0.3, 0.4) is 0 Å². The largest absolute Gasteiger partial charge is 0.351 e. The van der Waals surface area contributed by atoms with Crippen molar-refractivity contribution in [3.63, 3.8) is 0 Å². The minimum absolute atomic E-state index is 0.0474. The molecule has 4 nitrogen and oxygen atoms in total. The molecule has 0 bridgehead atoms. The second-order valence-electron chi connectivity index (χ2n) is 7.48. The number of hydrogen-bond donors (Lipinski definition) is 0. The number of carbonyl (C=O) groups is 1. The van der Waals surface area contributed by atoms with Gasteiger partial charge in [0.25, 0.3) is 0 Å². The van der Waals surface area contributed by atoms with Crippen LogP contribution >= 0.6 is 0 Å². The summed E-state index contributed by atoms with van der Waals surface area (Å²) < 4.78 is 0. The molecule has 2 aliphatic rings. The standard InChI is InChI=1S/C21H25N3O/c1-2-3-4-6-9-17-12-19-21(16-25,13-20(17,14-22)15-23)24(19)18-10-7-5-8-11-18/h5,7-8,10-11,16-17,19H,2-4,6,9,12-13H2,1H3/t17-,19+,21+,24?/m1/s1. The zero-order valence-corrected chi connectivity index (χ0v) is 14.8. The van der Waals surface area contributed by atoms with Crippen molar-refractivity contribution in [1.82, 2.24) is 0 Å². The van der Waals surface area contributed by atoms with Crippen molar-refractivity contribution in [1.29, 1.82) is 10.5 Å². The molecule has 1 aromatic carbocycles. The summed E-state index contributed by atoms with van der Waals surface area (Å²) in [4.78, 5) is 14.1. The number of unbranched alkanes of at least 4 members (excludes halogenated alkanes) is 3. The van der Waals surface area contributed by atoms with Crippen LogP contribution in [0.1, 0.15) is 51.9 Å². The molecule has 0 aromatic heterocycles. The van der Waals surface area contributed by atoms with Gasteiger partial charge in [-0.3, -0.25) is 0 Å². The van der Waals surface area contributed by atoms with Crippen LogP contribution in [-0.4, -0.2) is 17.9 Å². The van der Waals surface area contributed by atoms with Gasteiger partial charge in [0.15, 0.2) is 0 Å². The molecule has 1 saturated carbocycles. The van der Waals surface area contributed by atoms with Gasteiger partial charge in [0, 0.05) is 12.1 Å². The molecule has 1 saturated heterocycles. The molecular formula is C21H25N3O. The molecule has 2 fully saturated rings. The highest BCUT2D eigenvalue weighted by atomic mass is 16.1. The molecule has 1 aromatic rings. The van der Waals surface area contributed by atoms with Gasteiger partial charge in [-0.15, -0.1) is 0 Å². The van der Waals surface area contributed by atoms with E-state index < -0.39 is 11.0 Å². The quantitative estimate of drug-likeness (QED) is 0.425. The second-order valence-corrected chi connectivity index (χ2v) is 7.48. The molecule has 0 amide bonds. The molecule has 1 aliphatic carbocycles. The van der Waals surface area contributed by atoms with Crippen LogP contribution in [0.5, 0.6) is 0 Å². The van der Waals surface area contributed by atoms with E-state index in [0.29, 0.717) is 6.42 Å². The van der Waals surface area contributed by atoms with Crippen molar-refractivity contribution in [3.05, 3.63) is 30.3 Å². The van der Waals surface area contributed by atoms with Crippen LogP contribution in [0.15, 0.2) is 30.3 Å². The van der Waals surface area contributed by atoms with Crippen LogP contribution in [0.25, 0.3) is 0 Å². The summed E-state index contributed by atoms with van der Waals surface area (Å²) in [7, 11) is 0. The molecule has 3 rings (SSSR count). The summed E-state index contributed by atoms with van der Waals surface area (Å²) in [5.41, 5.74) is -0.712. The lowest BCUT2D eigenvalue weighted by atomic mass is 9.63. The molecule has 1 aliphatic heterocycles. The molecule has 0 N–H and O–H groups in total. The van der Waals surface area contributed by atoms with E-state index in [0.717, 1.165) is 37.7 Å².